The van der Waals surface area contributed by atoms with Gasteiger partial charge in [-0.2, -0.15) is 0 Å². The fraction of sp³-hybridized carbons (Fsp3) is 0.417. The number of carbonyl (C=O) groups excluding carboxylic acids is 1. The first kappa shape index (κ1) is 21.7. The van der Waals surface area contributed by atoms with Gasteiger partial charge in [-0.3, -0.25) is 4.79 Å². The van der Waals surface area contributed by atoms with E-state index in [9.17, 15) is 4.79 Å². The Morgan fingerprint density at radius 3 is 2.73 bits per heavy atom. The van der Waals surface area contributed by atoms with Gasteiger partial charge in [0.05, 0.1) is 24.8 Å². The summed E-state index contributed by atoms with van der Waals surface area (Å²) in [7, 11) is 1.66. The van der Waals surface area contributed by atoms with Crippen LogP contribution in [0.25, 0.3) is 11.0 Å². The highest BCUT2D eigenvalue weighted by molar-refractivity contribution is 5.76. The number of fused-ring (bicyclic) bond motifs is 1. The van der Waals surface area contributed by atoms with Crippen LogP contribution in [0.2, 0.25) is 0 Å². The minimum absolute atomic E-state index is 0.0968. The lowest BCUT2D eigenvalue weighted by atomic mass is 10.2. The quantitative estimate of drug-likeness (QED) is 0.451. The van der Waals surface area contributed by atoms with E-state index in [0.717, 1.165) is 55.1 Å². The molecule has 0 bridgehead atoms. The first-order chi connectivity index (χ1) is 14.7. The van der Waals surface area contributed by atoms with Crippen LogP contribution in [0.5, 0.6) is 11.5 Å². The molecule has 0 unspecified atom stereocenters. The molecule has 1 heterocycles. The van der Waals surface area contributed by atoms with Crippen LogP contribution in [-0.4, -0.2) is 35.7 Å². The van der Waals surface area contributed by atoms with Gasteiger partial charge in [0.1, 0.15) is 17.3 Å². The zero-order valence-corrected chi connectivity index (χ0v) is 17.9. The molecule has 0 saturated carbocycles. The molecule has 3 rings (SSSR count). The summed E-state index contributed by atoms with van der Waals surface area (Å²) in [5.41, 5.74) is 2.19. The Kier molecular flexibility index (Phi) is 8.12. The lowest BCUT2D eigenvalue weighted by Crippen LogP contribution is -2.23. The Bertz CT molecular complexity index is 952. The van der Waals surface area contributed by atoms with E-state index < -0.39 is 0 Å². The average molecular weight is 410 g/mol. The van der Waals surface area contributed by atoms with Gasteiger partial charge in [0.2, 0.25) is 5.91 Å². The van der Waals surface area contributed by atoms with Gasteiger partial charge in [-0.25, -0.2) is 4.98 Å². The van der Waals surface area contributed by atoms with Gasteiger partial charge in [0, 0.05) is 32.0 Å². The lowest BCUT2D eigenvalue weighted by molar-refractivity contribution is -0.120. The SMILES string of the molecule is CCC(=O)NCCCc1nc2ccccc2n1CCCCOc1cccc(OC)c1. The zero-order valence-electron chi connectivity index (χ0n) is 17.9. The van der Waals surface area contributed by atoms with Crippen LogP contribution in [0, 0.1) is 0 Å². The fourth-order valence-corrected chi connectivity index (χ4v) is 3.42. The highest BCUT2D eigenvalue weighted by Gasteiger charge is 2.10. The van der Waals surface area contributed by atoms with Crippen LogP contribution in [0.1, 0.15) is 38.4 Å². The minimum Gasteiger partial charge on any atom is -0.497 e. The van der Waals surface area contributed by atoms with E-state index in [1.165, 1.54) is 5.52 Å². The summed E-state index contributed by atoms with van der Waals surface area (Å²) in [6.45, 7) is 4.12. The van der Waals surface area contributed by atoms with Crippen molar-refractivity contribution in [1.29, 1.82) is 0 Å². The highest BCUT2D eigenvalue weighted by Crippen LogP contribution is 2.20. The molecule has 30 heavy (non-hydrogen) atoms. The molecule has 0 fully saturated rings. The number of unbranched alkanes of at least 4 members (excludes halogenated alkanes) is 1. The molecular weight excluding hydrogens is 378 g/mol. The predicted octanol–water partition coefficient (Wildman–Crippen LogP) is 4.36. The van der Waals surface area contributed by atoms with E-state index in [1.807, 2.05) is 37.3 Å². The van der Waals surface area contributed by atoms with Gasteiger partial charge < -0.3 is 19.4 Å². The van der Waals surface area contributed by atoms with Crippen molar-refractivity contribution >= 4 is 16.9 Å². The number of hydrogen-bond donors (Lipinski definition) is 1. The van der Waals surface area contributed by atoms with Gasteiger partial charge in [-0.05, 0) is 43.5 Å². The second kappa shape index (κ2) is 11.2. The number of hydrogen-bond acceptors (Lipinski definition) is 4. The number of nitrogens with zero attached hydrogens (tertiary/aromatic N) is 2. The van der Waals surface area contributed by atoms with E-state index in [4.69, 9.17) is 14.5 Å². The summed E-state index contributed by atoms with van der Waals surface area (Å²) < 4.78 is 13.4. The molecule has 0 radical (unpaired) electrons. The molecular formula is C24H31N3O3. The smallest absolute Gasteiger partial charge is 0.219 e. The molecule has 0 aliphatic carbocycles. The number of benzene rings is 2. The first-order valence-electron chi connectivity index (χ1n) is 10.7. The number of aromatic nitrogens is 2. The van der Waals surface area contributed by atoms with E-state index in [0.29, 0.717) is 19.6 Å². The standard InChI is InChI=1S/C24H31N3O3/c1-3-24(28)25-15-9-14-23-26-21-12-4-5-13-22(21)27(23)16-6-7-17-30-20-11-8-10-19(18-20)29-2/h4-5,8,10-13,18H,3,6-7,9,14-17H2,1-2H3,(H,25,28). The Balaban J connectivity index is 1.53. The van der Waals surface area contributed by atoms with Crippen LogP contribution < -0.4 is 14.8 Å². The van der Waals surface area contributed by atoms with Gasteiger partial charge in [0.25, 0.3) is 0 Å². The molecule has 1 N–H and O–H groups in total. The van der Waals surface area contributed by atoms with Crippen LogP contribution in [0.4, 0.5) is 0 Å². The second-order valence-electron chi connectivity index (χ2n) is 7.21. The normalized spacial score (nSPS) is 10.9. The zero-order chi connectivity index (χ0) is 21.2. The van der Waals surface area contributed by atoms with E-state index in [1.54, 1.807) is 7.11 Å². The summed E-state index contributed by atoms with van der Waals surface area (Å²) in [5.74, 6) is 2.81. The largest absolute Gasteiger partial charge is 0.497 e. The summed E-state index contributed by atoms with van der Waals surface area (Å²) >= 11 is 0. The van der Waals surface area contributed by atoms with Crippen molar-refractivity contribution in [3.05, 3.63) is 54.4 Å². The number of methoxy groups -OCH3 is 1. The van der Waals surface area contributed by atoms with Crippen LogP contribution in [0.15, 0.2) is 48.5 Å². The van der Waals surface area contributed by atoms with Crippen molar-refractivity contribution in [2.75, 3.05) is 20.3 Å². The average Bonchev–Trinajstić information content (AvgIpc) is 3.13. The molecule has 6 nitrogen and oxygen atoms in total. The summed E-state index contributed by atoms with van der Waals surface area (Å²) in [6, 6.07) is 15.9. The number of rotatable bonds is 12. The molecule has 160 valence electrons. The molecule has 2 aromatic carbocycles. The Labute approximate surface area is 178 Å². The third kappa shape index (κ3) is 5.99. The van der Waals surface area contributed by atoms with Crippen LogP contribution >= 0.6 is 0 Å². The number of amides is 1. The van der Waals surface area contributed by atoms with Crippen LogP contribution in [0.3, 0.4) is 0 Å². The molecule has 6 heteroatoms. The molecule has 0 spiro atoms. The Morgan fingerprint density at radius 2 is 1.90 bits per heavy atom. The third-order valence-corrected chi connectivity index (χ3v) is 5.04. The molecule has 0 saturated heterocycles. The van der Waals surface area contributed by atoms with Gasteiger partial charge in [-0.15, -0.1) is 0 Å². The number of aryl methyl sites for hydroxylation is 2. The van der Waals surface area contributed by atoms with E-state index >= 15 is 0 Å². The molecule has 0 aliphatic rings. The van der Waals surface area contributed by atoms with Gasteiger partial charge >= 0.3 is 0 Å². The second-order valence-corrected chi connectivity index (χ2v) is 7.21. The number of para-hydroxylation sites is 2. The molecule has 0 aliphatic heterocycles. The van der Waals surface area contributed by atoms with Gasteiger partial charge in [0.15, 0.2) is 0 Å². The molecule has 0 atom stereocenters. The maximum absolute atomic E-state index is 11.4. The number of carbonyl (C=O) groups is 1. The first-order valence-corrected chi connectivity index (χ1v) is 10.7. The number of imidazole rings is 1. The monoisotopic (exact) mass is 409 g/mol. The maximum Gasteiger partial charge on any atom is 0.219 e. The van der Waals surface area contributed by atoms with Gasteiger partial charge in [-0.1, -0.05) is 25.1 Å². The Morgan fingerprint density at radius 1 is 1.07 bits per heavy atom. The van der Waals surface area contributed by atoms with Crippen molar-refractivity contribution in [3.63, 3.8) is 0 Å². The Hall–Kier alpha value is -3.02. The lowest BCUT2D eigenvalue weighted by Gasteiger charge is -2.11. The fourth-order valence-electron chi connectivity index (χ4n) is 3.42. The van der Waals surface area contributed by atoms with Crippen molar-refractivity contribution in [3.8, 4) is 11.5 Å². The van der Waals surface area contributed by atoms with Crippen molar-refractivity contribution in [2.45, 2.75) is 45.6 Å². The topological polar surface area (TPSA) is 65.4 Å². The molecule has 3 aromatic rings. The third-order valence-electron chi connectivity index (χ3n) is 5.04. The summed E-state index contributed by atoms with van der Waals surface area (Å²) in [6.07, 6.45) is 4.21. The molecule has 1 amide bonds. The minimum atomic E-state index is 0.0968. The van der Waals surface area contributed by atoms with Crippen molar-refractivity contribution < 1.29 is 14.3 Å². The number of ether oxygens (including phenoxy) is 2. The van der Waals surface area contributed by atoms with Crippen LogP contribution in [-0.2, 0) is 17.8 Å². The summed E-state index contributed by atoms with van der Waals surface area (Å²) in [4.78, 5) is 16.2. The maximum atomic E-state index is 11.4. The van der Waals surface area contributed by atoms with E-state index in [-0.39, 0.29) is 5.91 Å². The van der Waals surface area contributed by atoms with Crippen molar-refractivity contribution in [1.82, 2.24) is 14.9 Å². The number of nitrogens with one attached hydrogen (secondary N) is 1. The summed E-state index contributed by atoms with van der Waals surface area (Å²) in [5, 5.41) is 2.94. The van der Waals surface area contributed by atoms with E-state index in [2.05, 4.69) is 28.1 Å². The highest BCUT2D eigenvalue weighted by atomic mass is 16.5. The molecule has 1 aromatic heterocycles. The van der Waals surface area contributed by atoms with Crippen molar-refractivity contribution in [2.24, 2.45) is 0 Å². The predicted molar refractivity (Wildman–Crippen MR) is 119 cm³/mol.